The van der Waals surface area contributed by atoms with E-state index in [0.717, 1.165) is 24.8 Å². The average Bonchev–Trinajstić information content (AvgIpc) is 3.43. The Hall–Kier alpha value is -1.57. The molecule has 124 valence electrons. The van der Waals surface area contributed by atoms with Gasteiger partial charge >= 0.3 is 0 Å². The number of nitrogens with one attached hydrogen (secondary N) is 1. The first kappa shape index (κ1) is 16.3. The molecule has 1 aromatic rings. The SMILES string of the molecule is N#CCCCOc1cccc(CNC2CCN(C3CC3)CC2)c1. The van der Waals surface area contributed by atoms with Gasteiger partial charge in [-0.15, -0.1) is 0 Å². The summed E-state index contributed by atoms with van der Waals surface area (Å²) in [4.78, 5) is 2.66. The van der Waals surface area contributed by atoms with E-state index < -0.39 is 0 Å². The molecular weight excluding hydrogens is 286 g/mol. The van der Waals surface area contributed by atoms with Crippen LogP contribution in [0.15, 0.2) is 24.3 Å². The van der Waals surface area contributed by atoms with E-state index >= 15 is 0 Å². The zero-order chi connectivity index (χ0) is 15.9. The van der Waals surface area contributed by atoms with Gasteiger partial charge in [0.15, 0.2) is 0 Å². The number of hydrogen-bond acceptors (Lipinski definition) is 4. The van der Waals surface area contributed by atoms with Gasteiger partial charge in [0.05, 0.1) is 12.7 Å². The lowest BCUT2D eigenvalue weighted by molar-refractivity contribution is 0.189. The van der Waals surface area contributed by atoms with Crippen molar-refractivity contribution in [1.29, 1.82) is 5.26 Å². The summed E-state index contributed by atoms with van der Waals surface area (Å²) in [6.07, 6.45) is 6.71. The third-order valence-electron chi connectivity index (χ3n) is 4.79. The molecule has 4 nitrogen and oxygen atoms in total. The number of nitriles is 1. The van der Waals surface area contributed by atoms with Gasteiger partial charge in [0.2, 0.25) is 0 Å². The highest BCUT2D eigenvalue weighted by atomic mass is 16.5. The molecule has 1 heterocycles. The summed E-state index contributed by atoms with van der Waals surface area (Å²) in [6, 6.07) is 12.0. The summed E-state index contributed by atoms with van der Waals surface area (Å²) >= 11 is 0. The minimum Gasteiger partial charge on any atom is -0.494 e. The van der Waals surface area contributed by atoms with Crippen LogP contribution in [0.5, 0.6) is 5.75 Å². The zero-order valence-corrected chi connectivity index (χ0v) is 13.8. The normalized spacial score (nSPS) is 19.4. The molecule has 1 aromatic carbocycles. The lowest BCUT2D eigenvalue weighted by atomic mass is 10.0. The first-order valence-electron chi connectivity index (χ1n) is 8.91. The summed E-state index contributed by atoms with van der Waals surface area (Å²) in [5, 5.41) is 12.2. The van der Waals surface area contributed by atoms with E-state index in [1.54, 1.807) is 0 Å². The minimum absolute atomic E-state index is 0.556. The molecule has 0 spiro atoms. The predicted octanol–water partition coefficient (Wildman–Crippen LogP) is 3.09. The molecule has 0 atom stereocenters. The second-order valence-corrected chi connectivity index (χ2v) is 6.68. The summed E-state index contributed by atoms with van der Waals surface area (Å²) in [5.74, 6) is 0.908. The fraction of sp³-hybridized carbons (Fsp3) is 0.632. The van der Waals surface area contributed by atoms with E-state index in [4.69, 9.17) is 10.00 Å². The topological polar surface area (TPSA) is 48.3 Å². The molecule has 2 fully saturated rings. The molecule has 0 amide bonds. The molecular formula is C19H27N3O. The van der Waals surface area contributed by atoms with Gasteiger partial charge in [0.25, 0.3) is 0 Å². The van der Waals surface area contributed by atoms with Gasteiger partial charge in [-0.2, -0.15) is 5.26 Å². The van der Waals surface area contributed by atoms with Gasteiger partial charge in [-0.3, -0.25) is 0 Å². The molecule has 1 aliphatic heterocycles. The molecule has 0 aromatic heterocycles. The summed E-state index contributed by atoms with van der Waals surface area (Å²) in [7, 11) is 0. The van der Waals surface area contributed by atoms with Gasteiger partial charge < -0.3 is 15.0 Å². The molecule has 1 saturated carbocycles. The van der Waals surface area contributed by atoms with E-state index in [1.807, 2.05) is 12.1 Å². The van der Waals surface area contributed by atoms with Gasteiger partial charge in [-0.25, -0.2) is 0 Å². The summed E-state index contributed by atoms with van der Waals surface area (Å²) < 4.78 is 5.70. The van der Waals surface area contributed by atoms with Crippen molar-refractivity contribution < 1.29 is 4.74 Å². The summed E-state index contributed by atoms with van der Waals surface area (Å²) in [6.45, 7) is 4.03. The molecule has 0 radical (unpaired) electrons. The van der Waals surface area contributed by atoms with Gasteiger partial charge in [-0.1, -0.05) is 12.1 Å². The Balaban J connectivity index is 1.38. The van der Waals surface area contributed by atoms with Gasteiger partial charge in [0, 0.05) is 25.0 Å². The Morgan fingerprint density at radius 1 is 1.22 bits per heavy atom. The van der Waals surface area contributed by atoms with E-state index in [9.17, 15) is 0 Å². The van der Waals surface area contributed by atoms with Crippen molar-refractivity contribution in [3.8, 4) is 11.8 Å². The molecule has 0 unspecified atom stereocenters. The number of piperidine rings is 1. The monoisotopic (exact) mass is 313 g/mol. The Morgan fingerprint density at radius 3 is 2.78 bits per heavy atom. The number of hydrogen-bond donors (Lipinski definition) is 1. The Morgan fingerprint density at radius 2 is 2.04 bits per heavy atom. The van der Waals surface area contributed by atoms with Crippen molar-refractivity contribution in [2.24, 2.45) is 0 Å². The number of benzene rings is 1. The van der Waals surface area contributed by atoms with Crippen LogP contribution in [0.3, 0.4) is 0 Å². The number of likely N-dealkylation sites (tertiary alicyclic amines) is 1. The maximum atomic E-state index is 8.53. The molecule has 4 heteroatoms. The Bertz CT molecular complexity index is 528. The smallest absolute Gasteiger partial charge is 0.119 e. The zero-order valence-electron chi connectivity index (χ0n) is 13.8. The molecule has 23 heavy (non-hydrogen) atoms. The van der Waals surface area contributed by atoms with Crippen molar-refractivity contribution >= 4 is 0 Å². The van der Waals surface area contributed by atoms with Crippen LogP contribution >= 0.6 is 0 Å². The van der Waals surface area contributed by atoms with E-state index in [0.29, 0.717) is 19.1 Å². The maximum absolute atomic E-state index is 8.53. The van der Waals surface area contributed by atoms with Crippen LogP contribution in [-0.2, 0) is 6.54 Å². The van der Waals surface area contributed by atoms with Crippen LogP contribution in [0.25, 0.3) is 0 Å². The second kappa shape index (κ2) is 8.33. The highest BCUT2D eigenvalue weighted by molar-refractivity contribution is 5.28. The quantitative estimate of drug-likeness (QED) is 0.749. The maximum Gasteiger partial charge on any atom is 0.119 e. The summed E-state index contributed by atoms with van der Waals surface area (Å²) in [5.41, 5.74) is 1.27. The van der Waals surface area contributed by atoms with Crippen molar-refractivity contribution in [2.75, 3.05) is 19.7 Å². The number of rotatable bonds is 8. The van der Waals surface area contributed by atoms with Crippen LogP contribution in [-0.4, -0.2) is 36.7 Å². The van der Waals surface area contributed by atoms with Crippen LogP contribution < -0.4 is 10.1 Å². The molecule has 3 rings (SSSR count). The lowest BCUT2D eigenvalue weighted by Crippen LogP contribution is -2.43. The van der Waals surface area contributed by atoms with Gasteiger partial charge in [-0.05, 0) is 62.9 Å². The third kappa shape index (κ3) is 5.23. The molecule has 2 aliphatic rings. The lowest BCUT2D eigenvalue weighted by Gasteiger charge is -2.32. The Kier molecular flexibility index (Phi) is 5.90. The minimum atomic E-state index is 0.556. The Labute approximate surface area is 139 Å². The van der Waals surface area contributed by atoms with E-state index in [1.165, 1.54) is 44.3 Å². The van der Waals surface area contributed by atoms with Crippen molar-refractivity contribution in [3.05, 3.63) is 29.8 Å². The first-order chi connectivity index (χ1) is 11.3. The molecule has 1 N–H and O–H groups in total. The number of unbranched alkanes of at least 4 members (excludes halogenated alkanes) is 1. The average molecular weight is 313 g/mol. The highest BCUT2D eigenvalue weighted by Crippen LogP contribution is 2.29. The predicted molar refractivity (Wildman–Crippen MR) is 91.2 cm³/mol. The van der Waals surface area contributed by atoms with Crippen molar-refractivity contribution in [2.45, 2.75) is 57.2 Å². The van der Waals surface area contributed by atoms with E-state index in [-0.39, 0.29) is 0 Å². The second-order valence-electron chi connectivity index (χ2n) is 6.68. The molecule has 1 saturated heterocycles. The van der Waals surface area contributed by atoms with Crippen LogP contribution in [0.2, 0.25) is 0 Å². The fourth-order valence-corrected chi connectivity index (χ4v) is 3.26. The molecule has 1 aliphatic carbocycles. The standard InChI is InChI=1S/C19H27N3O/c20-10-1-2-13-23-19-5-3-4-16(14-19)15-21-17-8-11-22(12-9-17)18-6-7-18/h3-5,14,17-18,21H,1-2,6-9,11-13,15H2. The van der Waals surface area contributed by atoms with Crippen LogP contribution in [0.1, 0.15) is 44.1 Å². The van der Waals surface area contributed by atoms with Crippen LogP contribution in [0.4, 0.5) is 0 Å². The highest BCUT2D eigenvalue weighted by Gasteiger charge is 2.31. The largest absolute Gasteiger partial charge is 0.494 e. The van der Waals surface area contributed by atoms with Gasteiger partial charge in [0.1, 0.15) is 5.75 Å². The number of ether oxygens (including phenoxy) is 1. The van der Waals surface area contributed by atoms with Crippen LogP contribution in [0, 0.1) is 11.3 Å². The fourth-order valence-electron chi connectivity index (χ4n) is 3.26. The van der Waals surface area contributed by atoms with E-state index in [2.05, 4.69) is 28.4 Å². The third-order valence-corrected chi connectivity index (χ3v) is 4.79. The number of nitrogens with zero attached hydrogens (tertiary/aromatic N) is 2. The van der Waals surface area contributed by atoms with Crippen molar-refractivity contribution in [3.63, 3.8) is 0 Å². The molecule has 0 bridgehead atoms. The van der Waals surface area contributed by atoms with Crippen molar-refractivity contribution in [1.82, 2.24) is 10.2 Å². The first-order valence-corrected chi connectivity index (χ1v) is 8.91.